The van der Waals surface area contributed by atoms with Gasteiger partial charge in [0.2, 0.25) is 0 Å². The summed E-state index contributed by atoms with van der Waals surface area (Å²) >= 11 is 14.4. The third kappa shape index (κ3) is 2.97. The number of hydrogen-bond acceptors (Lipinski definition) is 0. The minimum atomic E-state index is -0.497. The summed E-state index contributed by atoms with van der Waals surface area (Å²) in [5.41, 5.74) is 0.700. The lowest BCUT2D eigenvalue weighted by Gasteiger charge is -1.99. The smallest absolute Gasteiger partial charge is 0.143 e. The molecule has 13 heavy (non-hydrogen) atoms. The quantitative estimate of drug-likeness (QED) is 0.552. The maximum atomic E-state index is 13.0. The van der Waals surface area contributed by atoms with Gasteiger partial charge in [0.05, 0.1) is 10.0 Å². The fourth-order valence-electron chi connectivity index (χ4n) is 0.852. The van der Waals surface area contributed by atoms with Crippen LogP contribution in [0.15, 0.2) is 18.2 Å². The molecule has 0 aromatic heterocycles. The number of halogens is 4. The van der Waals surface area contributed by atoms with Crippen molar-refractivity contribution < 1.29 is 4.39 Å². The van der Waals surface area contributed by atoms with Gasteiger partial charge in [-0.15, -0.1) is 0 Å². The first-order valence-corrected chi connectivity index (χ1v) is 5.40. The average Bonchev–Trinajstić information content (AvgIpc) is 2.10. The van der Waals surface area contributed by atoms with E-state index in [1.807, 2.05) is 6.08 Å². The van der Waals surface area contributed by atoms with Crippen molar-refractivity contribution in [3.8, 4) is 0 Å². The van der Waals surface area contributed by atoms with Crippen LogP contribution in [-0.2, 0) is 0 Å². The lowest BCUT2D eigenvalue weighted by atomic mass is 10.2. The van der Waals surface area contributed by atoms with Crippen LogP contribution in [0.4, 0.5) is 4.39 Å². The molecule has 0 aliphatic heterocycles. The average molecular weight is 284 g/mol. The van der Waals surface area contributed by atoms with Crippen molar-refractivity contribution in [1.82, 2.24) is 0 Å². The predicted octanol–water partition coefficient (Wildman–Crippen LogP) is 4.54. The summed E-state index contributed by atoms with van der Waals surface area (Å²) in [4.78, 5) is 0. The highest BCUT2D eigenvalue weighted by atomic mass is 79.9. The maximum absolute atomic E-state index is 13.0. The van der Waals surface area contributed by atoms with Crippen LogP contribution < -0.4 is 0 Å². The molecule has 0 aliphatic rings. The predicted molar refractivity (Wildman–Crippen MR) is 59.2 cm³/mol. The van der Waals surface area contributed by atoms with E-state index in [9.17, 15) is 4.39 Å². The van der Waals surface area contributed by atoms with Crippen molar-refractivity contribution in [3.05, 3.63) is 39.6 Å². The summed E-state index contributed by atoms with van der Waals surface area (Å²) < 4.78 is 13.0. The minimum Gasteiger partial charge on any atom is -0.205 e. The molecular weight excluding hydrogens is 278 g/mol. The number of allylic oxidation sites excluding steroid dienone is 1. The summed E-state index contributed by atoms with van der Waals surface area (Å²) in [5.74, 6) is -0.497. The van der Waals surface area contributed by atoms with E-state index in [1.165, 1.54) is 6.07 Å². The number of benzene rings is 1. The molecule has 0 unspecified atom stereocenters. The van der Waals surface area contributed by atoms with Gasteiger partial charge in [-0.05, 0) is 17.7 Å². The number of rotatable bonds is 2. The lowest BCUT2D eigenvalue weighted by Crippen LogP contribution is -1.81. The fraction of sp³-hybridized carbons (Fsp3) is 0.111. The Balaban J connectivity index is 3.06. The Morgan fingerprint density at radius 2 is 2.08 bits per heavy atom. The zero-order chi connectivity index (χ0) is 9.84. The van der Waals surface area contributed by atoms with E-state index in [-0.39, 0.29) is 10.0 Å². The zero-order valence-electron chi connectivity index (χ0n) is 6.53. The summed E-state index contributed by atoms with van der Waals surface area (Å²) in [6.07, 6.45) is 3.61. The van der Waals surface area contributed by atoms with Crippen LogP contribution in [0.5, 0.6) is 0 Å². The molecule has 0 saturated heterocycles. The summed E-state index contributed by atoms with van der Waals surface area (Å²) in [6, 6.07) is 2.96. The molecule has 0 bridgehead atoms. The maximum Gasteiger partial charge on any atom is 0.143 e. The van der Waals surface area contributed by atoms with E-state index in [2.05, 4.69) is 15.9 Å². The van der Waals surface area contributed by atoms with Gasteiger partial charge in [0, 0.05) is 5.33 Å². The van der Waals surface area contributed by atoms with Gasteiger partial charge in [0.1, 0.15) is 5.82 Å². The SMILES string of the molecule is Fc1cc(C=CCBr)cc(Cl)c1Cl. The molecule has 0 aliphatic carbocycles. The fourth-order valence-corrected chi connectivity index (χ4v) is 1.36. The second-order valence-corrected chi connectivity index (χ2v) is 3.79. The minimum absolute atomic E-state index is 0.0299. The third-order valence-electron chi connectivity index (χ3n) is 1.41. The van der Waals surface area contributed by atoms with Crippen LogP contribution >= 0.6 is 39.1 Å². The van der Waals surface area contributed by atoms with E-state index < -0.39 is 5.82 Å². The first-order valence-electron chi connectivity index (χ1n) is 3.52. The normalized spacial score (nSPS) is 11.1. The van der Waals surface area contributed by atoms with Crippen LogP contribution in [0.25, 0.3) is 6.08 Å². The Morgan fingerprint density at radius 3 is 2.62 bits per heavy atom. The number of hydrogen-bond donors (Lipinski definition) is 0. The van der Waals surface area contributed by atoms with Crippen LogP contribution in [0.2, 0.25) is 10.0 Å². The van der Waals surface area contributed by atoms with Gasteiger partial charge in [0.15, 0.2) is 0 Å². The van der Waals surface area contributed by atoms with Gasteiger partial charge < -0.3 is 0 Å². The molecule has 0 heterocycles. The molecule has 0 saturated carbocycles. The number of alkyl halides is 1. The third-order valence-corrected chi connectivity index (χ3v) is 2.56. The highest BCUT2D eigenvalue weighted by molar-refractivity contribution is 9.09. The zero-order valence-corrected chi connectivity index (χ0v) is 9.63. The molecule has 70 valence electrons. The monoisotopic (exact) mass is 282 g/mol. The topological polar surface area (TPSA) is 0 Å². The molecular formula is C9H6BrCl2F. The van der Waals surface area contributed by atoms with Gasteiger partial charge in [-0.3, -0.25) is 0 Å². The molecule has 0 radical (unpaired) electrons. The van der Waals surface area contributed by atoms with Crippen molar-refractivity contribution in [2.24, 2.45) is 0 Å². The van der Waals surface area contributed by atoms with Gasteiger partial charge >= 0.3 is 0 Å². The first-order chi connectivity index (χ1) is 6.15. The van der Waals surface area contributed by atoms with E-state index >= 15 is 0 Å². The van der Waals surface area contributed by atoms with Crippen LogP contribution in [0.3, 0.4) is 0 Å². The molecule has 1 rings (SSSR count). The molecule has 0 spiro atoms. The van der Waals surface area contributed by atoms with Crippen LogP contribution in [0, 0.1) is 5.82 Å². The van der Waals surface area contributed by atoms with E-state index in [0.29, 0.717) is 5.56 Å². The summed E-state index contributed by atoms with van der Waals surface area (Å²) in [6.45, 7) is 0. The van der Waals surface area contributed by atoms with E-state index in [0.717, 1.165) is 5.33 Å². The highest BCUT2D eigenvalue weighted by Crippen LogP contribution is 2.26. The Bertz CT molecular complexity index is 313. The Labute approximate surface area is 94.5 Å². The Hall–Kier alpha value is -0.0500. The lowest BCUT2D eigenvalue weighted by molar-refractivity contribution is 0.628. The first kappa shape index (κ1) is 11.0. The van der Waals surface area contributed by atoms with Crippen molar-refractivity contribution in [1.29, 1.82) is 0 Å². The van der Waals surface area contributed by atoms with Crippen molar-refractivity contribution in [2.45, 2.75) is 0 Å². The van der Waals surface area contributed by atoms with Crippen LogP contribution in [0.1, 0.15) is 5.56 Å². The second kappa shape index (κ2) is 4.99. The molecule has 0 atom stereocenters. The molecule has 1 aromatic rings. The molecule has 0 fully saturated rings. The second-order valence-electron chi connectivity index (χ2n) is 2.36. The van der Waals surface area contributed by atoms with Crippen molar-refractivity contribution in [3.63, 3.8) is 0 Å². The van der Waals surface area contributed by atoms with Crippen LogP contribution in [-0.4, -0.2) is 5.33 Å². The van der Waals surface area contributed by atoms with E-state index in [4.69, 9.17) is 23.2 Å². The summed E-state index contributed by atoms with van der Waals surface area (Å²) in [7, 11) is 0. The molecule has 0 nitrogen and oxygen atoms in total. The van der Waals surface area contributed by atoms with Crippen molar-refractivity contribution in [2.75, 3.05) is 5.33 Å². The van der Waals surface area contributed by atoms with E-state index in [1.54, 1.807) is 12.1 Å². The molecule has 0 N–H and O–H groups in total. The van der Waals surface area contributed by atoms with Gasteiger partial charge in [-0.1, -0.05) is 51.3 Å². The Morgan fingerprint density at radius 1 is 1.38 bits per heavy atom. The summed E-state index contributed by atoms with van der Waals surface area (Å²) in [5, 5.41) is 0.919. The van der Waals surface area contributed by atoms with Gasteiger partial charge in [-0.2, -0.15) is 0 Å². The highest BCUT2D eigenvalue weighted by Gasteiger charge is 2.05. The van der Waals surface area contributed by atoms with Gasteiger partial charge in [0.25, 0.3) is 0 Å². The molecule has 4 heteroatoms. The Kier molecular flexibility index (Phi) is 4.23. The molecule has 0 amide bonds. The molecule has 1 aromatic carbocycles. The standard InChI is InChI=1S/C9H6BrCl2F/c10-3-1-2-6-4-7(11)9(12)8(13)5-6/h1-2,4-5H,3H2. The largest absolute Gasteiger partial charge is 0.205 e. The van der Waals surface area contributed by atoms with Gasteiger partial charge in [-0.25, -0.2) is 4.39 Å². The van der Waals surface area contributed by atoms with Crippen molar-refractivity contribution >= 4 is 45.2 Å².